The largest absolute Gasteiger partial charge is 0.441 e. The minimum Gasteiger partial charge on any atom is -0.441 e. The minimum atomic E-state index is 0.496. The fourth-order valence-corrected chi connectivity index (χ4v) is 1.82. The van der Waals surface area contributed by atoms with Crippen molar-refractivity contribution in [3.8, 4) is 11.3 Å². The third-order valence-electron chi connectivity index (χ3n) is 2.45. The van der Waals surface area contributed by atoms with Crippen molar-refractivity contribution in [1.82, 2.24) is 19.6 Å². The molecular formula is C11H9ClN4O. The molecule has 86 valence electrons. The van der Waals surface area contributed by atoms with Gasteiger partial charge in [-0.15, -0.1) is 11.6 Å². The molecule has 0 fully saturated rings. The number of nitrogens with zero attached hydrogens (tertiary/aromatic N) is 4. The third kappa shape index (κ3) is 1.78. The van der Waals surface area contributed by atoms with Gasteiger partial charge in [0.25, 0.3) is 0 Å². The number of aryl methyl sites for hydroxylation is 1. The molecule has 0 aliphatic rings. The lowest BCUT2D eigenvalue weighted by Gasteiger charge is -1.93. The van der Waals surface area contributed by atoms with Gasteiger partial charge in [-0.1, -0.05) is 0 Å². The van der Waals surface area contributed by atoms with Gasteiger partial charge in [0, 0.05) is 24.7 Å². The SMILES string of the molecule is ClCCc1ncc(-c2cnn3ccncc23)o1. The van der Waals surface area contributed by atoms with Gasteiger partial charge in [0.15, 0.2) is 11.7 Å². The lowest BCUT2D eigenvalue weighted by atomic mass is 10.2. The quantitative estimate of drug-likeness (QED) is 0.667. The van der Waals surface area contributed by atoms with Crippen LogP contribution in [-0.2, 0) is 6.42 Å². The van der Waals surface area contributed by atoms with Crippen molar-refractivity contribution in [2.24, 2.45) is 0 Å². The Morgan fingerprint density at radius 1 is 1.29 bits per heavy atom. The van der Waals surface area contributed by atoms with E-state index in [9.17, 15) is 0 Å². The van der Waals surface area contributed by atoms with Crippen LogP contribution in [0.25, 0.3) is 16.8 Å². The van der Waals surface area contributed by atoms with Crippen LogP contribution in [0.1, 0.15) is 5.89 Å². The van der Waals surface area contributed by atoms with Gasteiger partial charge in [0.1, 0.15) is 0 Å². The van der Waals surface area contributed by atoms with Crippen LogP contribution >= 0.6 is 11.6 Å². The molecule has 0 aliphatic carbocycles. The molecular weight excluding hydrogens is 240 g/mol. The lowest BCUT2D eigenvalue weighted by molar-refractivity contribution is 0.515. The van der Waals surface area contributed by atoms with Crippen molar-refractivity contribution < 1.29 is 4.42 Å². The summed E-state index contributed by atoms with van der Waals surface area (Å²) < 4.78 is 7.34. The predicted molar refractivity (Wildman–Crippen MR) is 62.9 cm³/mol. The Kier molecular flexibility index (Phi) is 2.53. The third-order valence-corrected chi connectivity index (χ3v) is 2.64. The molecule has 0 saturated heterocycles. The van der Waals surface area contributed by atoms with Gasteiger partial charge in [-0.05, 0) is 0 Å². The molecule has 0 amide bonds. The first-order valence-electron chi connectivity index (χ1n) is 5.17. The Bertz CT molecular complexity index is 646. The topological polar surface area (TPSA) is 56.2 Å². The second-order valence-electron chi connectivity index (χ2n) is 3.52. The highest BCUT2D eigenvalue weighted by molar-refractivity contribution is 6.17. The number of oxazole rings is 1. The van der Waals surface area contributed by atoms with Crippen molar-refractivity contribution in [2.75, 3.05) is 5.88 Å². The molecule has 0 spiro atoms. The lowest BCUT2D eigenvalue weighted by Crippen LogP contribution is -1.85. The molecule has 3 heterocycles. The number of fused-ring (bicyclic) bond motifs is 1. The summed E-state index contributed by atoms with van der Waals surface area (Å²) in [5, 5.41) is 4.21. The van der Waals surface area contributed by atoms with E-state index in [0.29, 0.717) is 24.0 Å². The summed E-state index contributed by atoms with van der Waals surface area (Å²) in [4.78, 5) is 8.23. The first kappa shape index (κ1) is 10.3. The highest BCUT2D eigenvalue weighted by Gasteiger charge is 2.11. The average molecular weight is 249 g/mol. The summed E-state index contributed by atoms with van der Waals surface area (Å²) in [5.41, 5.74) is 1.77. The maximum absolute atomic E-state index is 5.64. The number of rotatable bonds is 3. The van der Waals surface area contributed by atoms with Crippen LogP contribution in [0, 0.1) is 0 Å². The van der Waals surface area contributed by atoms with Crippen molar-refractivity contribution in [3.05, 3.63) is 36.9 Å². The first-order chi connectivity index (χ1) is 8.38. The Balaban J connectivity index is 2.07. The van der Waals surface area contributed by atoms with Gasteiger partial charge in [-0.25, -0.2) is 9.50 Å². The zero-order valence-electron chi connectivity index (χ0n) is 8.88. The van der Waals surface area contributed by atoms with E-state index in [1.807, 2.05) is 0 Å². The second kappa shape index (κ2) is 4.18. The zero-order chi connectivity index (χ0) is 11.7. The van der Waals surface area contributed by atoms with E-state index in [1.54, 1.807) is 35.5 Å². The van der Waals surface area contributed by atoms with Crippen molar-refractivity contribution in [1.29, 1.82) is 0 Å². The number of halogens is 1. The van der Waals surface area contributed by atoms with Gasteiger partial charge >= 0.3 is 0 Å². The fraction of sp³-hybridized carbons (Fsp3) is 0.182. The van der Waals surface area contributed by atoms with Crippen LogP contribution in [0.15, 0.2) is 35.4 Å². The number of alkyl halides is 1. The molecule has 0 saturated carbocycles. The van der Waals surface area contributed by atoms with Gasteiger partial charge < -0.3 is 4.42 Å². The Labute approximate surface area is 102 Å². The first-order valence-corrected chi connectivity index (χ1v) is 5.70. The van der Waals surface area contributed by atoms with Gasteiger partial charge in [-0.2, -0.15) is 5.10 Å². The molecule has 3 rings (SSSR count). The van der Waals surface area contributed by atoms with Gasteiger partial charge in [-0.3, -0.25) is 4.98 Å². The summed E-state index contributed by atoms with van der Waals surface area (Å²) in [6.45, 7) is 0. The monoisotopic (exact) mass is 248 g/mol. The Hall–Kier alpha value is -1.88. The molecule has 0 atom stereocenters. The molecule has 0 N–H and O–H groups in total. The smallest absolute Gasteiger partial charge is 0.196 e. The molecule has 0 aromatic carbocycles. The molecule has 5 nitrogen and oxygen atoms in total. The number of aromatic nitrogens is 4. The maximum Gasteiger partial charge on any atom is 0.196 e. The molecule has 6 heteroatoms. The minimum absolute atomic E-state index is 0.496. The van der Waals surface area contributed by atoms with E-state index in [2.05, 4.69) is 15.1 Å². The average Bonchev–Trinajstić information content (AvgIpc) is 2.95. The Morgan fingerprint density at radius 3 is 3.12 bits per heavy atom. The zero-order valence-corrected chi connectivity index (χ0v) is 9.63. The van der Waals surface area contributed by atoms with Crippen LogP contribution in [0.2, 0.25) is 0 Å². The highest BCUT2D eigenvalue weighted by Crippen LogP contribution is 2.24. The number of hydrogen-bond donors (Lipinski definition) is 0. The summed E-state index contributed by atoms with van der Waals surface area (Å²) in [6, 6.07) is 0. The van der Waals surface area contributed by atoms with Crippen LogP contribution in [0.3, 0.4) is 0 Å². The van der Waals surface area contributed by atoms with Gasteiger partial charge in [0.2, 0.25) is 0 Å². The van der Waals surface area contributed by atoms with Crippen LogP contribution in [0.4, 0.5) is 0 Å². The predicted octanol–water partition coefficient (Wildman–Crippen LogP) is 2.17. The van der Waals surface area contributed by atoms with E-state index in [1.165, 1.54) is 0 Å². The van der Waals surface area contributed by atoms with E-state index >= 15 is 0 Å². The molecule has 0 unspecified atom stereocenters. The van der Waals surface area contributed by atoms with Crippen molar-refractivity contribution in [2.45, 2.75) is 6.42 Å². The van der Waals surface area contributed by atoms with Crippen molar-refractivity contribution >= 4 is 17.1 Å². The number of hydrogen-bond acceptors (Lipinski definition) is 4. The molecule has 17 heavy (non-hydrogen) atoms. The standard InChI is InChI=1S/C11H9ClN4O/c12-2-1-11-14-7-10(17-11)8-5-15-16-4-3-13-6-9(8)16/h3-7H,1-2H2. The van der Waals surface area contributed by atoms with Crippen LogP contribution < -0.4 is 0 Å². The van der Waals surface area contributed by atoms with Crippen LogP contribution in [0.5, 0.6) is 0 Å². The molecule has 3 aromatic heterocycles. The van der Waals surface area contributed by atoms with E-state index in [4.69, 9.17) is 16.0 Å². The maximum atomic E-state index is 5.64. The fourth-order valence-electron chi connectivity index (χ4n) is 1.66. The highest BCUT2D eigenvalue weighted by atomic mass is 35.5. The van der Waals surface area contributed by atoms with Crippen LogP contribution in [-0.4, -0.2) is 25.5 Å². The summed E-state index contributed by atoms with van der Waals surface area (Å²) >= 11 is 5.64. The van der Waals surface area contributed by atoms with Crippen molar-refractivity contribution in [3.63, 3.8) is 0 Å². The molecule has 0 aliphatic heterocycles. The Morgan fingerprint density at radius 2 is 2.24 bits per heavy atom. The molecule has 3 aromatic rings. The molecule has 0 bridgehead atoms. The normalized spacial score (nSPS) is 11.1. The summed E-state index contributed by atoms with van der Waals surface area (Å²) in [5.74, 6) is 1.82. The van der Waals surface area contributed by atoms with E-state index in [0.717, 1.165) is 11.1 Å². The van der Waals surface area contributed by atoms with Gasteiger partial charge in [0.05, 0.1) is 29.7 Å². The summed E-state index contributed by atoms with van der Waals surface area (Å²) in [7, 11) is 0. The van der Waals surface area contributed by atoms with E-state index < -0.39 is 0 Å². The summed E-state index contributed by atoms with van der Waals surface area (Å²) in [6.07, 6.45) is 9.26. The second-order valence-corrected chi connectivity index (χ2v) is 3.90. The van der Waals surface area contributed by atoms with E-state index in [-0.39, 0.29) is 0 Å². The molecule has 0 radical (unpaired) electrons.